The van der Waals surface area contributed by atoms with Gasteiger partial charge in [-0.3, -0.25) is 14.4 Å². The van der Waals surface area contributed by atoms with Crippen LogP contribution in [0.2, 0.25) is 0 Å². The molecule has 16 heteroatoms. The predicted molar refractivity (Wildman–Crippen MR) is 257 cm³/mol. The van der Waals surface area contributed by atoms with Crippen molar-refractivity contribution in [3.63, 3.8) is 0 Å². The molecule has 0 bridgehead atoms. The summed E-state index contributed by atoms with van der Waals surface area (Å²) in [6.45, 7) is 6.43. The molecule has 4 heterocycles. The third kappa shape index (κ3) is 13.2. The van der Waals surface area contributed by atoms with Gasteiger partial charge in [0.1, 0.15) is 40.6 Å². The molecule has 6 aromatic rings. The fourth-order valence-corrected chi connectivity index (χ4v) is 7.49. The van der Waals surface area contributed by atoms with Crippen LogP contribution in [-0.4, -0.2) is 126 Å². The number of likely N-dealkylation sites (N-methyl/N-ethyl adjacent to an activating group) is 1. The molecular weight excluding hydrogens is 875 g/mol. The molecule has 2 aromatic heterocycles. The Kier molecular flexibility index (Phi) is 18.9. The number of benzene rings is 4. The smallest absolute Gasteiger partial charge is 0.279 e. The zero-order valence-corrected chi connectivity index (χ0v) is 39.9. The molecule has 2 aliphatic heterocycles. The molecule has 8 rings (SSSR count). The van der Waals surface area contributed by atoms with Gasteiger partial charge in [-0.2, -0.15) is 0 Å². The first-order valence-electron chi connectivity index (χ1n) is 22.0. The fraction of sp³-hybridized carbons (Fsp3) is 0.346. The molecule has 2 fully saturated rings. The van der Waals surface area contributed by atoms with E-state index in [0.717, 1.165) is 103 Å². The maximum absolute atomic E-state index is 13.2. The summed E-state index contributed by atoms with van der Waals surface area (Å²) in [7, 11) is 12.5. The van der Waals surface area contributed by atoms with E-state index in [0.29, 0.717) is 17.3 Å². The van der Waals surface area contributed by atoms with Crippen LogP contribution in [0.25, 0.3) is 22.6 Å². The number of carbonyl (C=O) groups excluding carboxylic acids is 2. The third-order valence-electron chi connectivity index (χ3n) is 11.3. The zero-order chi connectivity index (χ0) is 48.4. The number of methoxy groups -OCH3 is 6. The van der Waals surface area contributed by atoms with Crippen molar-refractivity contribution in [2.45, 2.75) is 12.2 Å². The molecule has 2 saturated heterocycles. The van der Waals surface area contributed by atoms with Crippen LogP contribution < -0.4 is 28.7 Å². The molecule has 0 N–H and O–H groups in total. The number of hydroxylamine groups is 2. The van der Waals surface area contributed by atoms with Gasteiger partial charge in [-0.25, -0.2) is 5.06 Å². The minimum Gasteiger partial charge on any atom is -0.497 e. The number of hydrogen-bond donors (Lipinski definition) is 0. The molecule has 2 atom stereocenters. The van der Waals surface area contributed by atoms with Gasteiger partial charge in [-0.05, 0) is 83.9 Å². The van der Waals surface area contributed by atoms with E-state index in [1.807, 2.05) is 91.0 Å². The monoisotopic (exact) mass is 935 g/mol. The highest BCUT2D eigenvalue weighted by atomic mass is 16.7. The summed E-state index contributed by atoms with van der Waals surface area (Å²) in [5, 5.41) is 1.17. The van der Waals surface area contributed by atoms with E-state index in [9.17, 15) is 9.59 Å². The van der Waals surface area contributed by atoms with E-state index in [-0.39, 0.29) is 17.5 Å². The highest BCUT2D eigenvalue weighted by molar-refractivity contribution is 5.98. The van der Waals surface area contributed by atoms with E-state index in [1.165, 1.54) is 26.4 Å². The molecule has 0 spiro atoms. The number of nitrogens with zero attached hydrogens (tertiary/aromatic N) is 3. The first-order chi connectivity index (χ1) is 33.1. The zero-order valence-electron chi connectivity index (χ0n) is 39.9. The standard InChI is InChI=1S/C25H27NO6.C15H22N2O4.C12H12O3/c1-28-20-14-18(15-21(16-20)29-2)22-8-9-23(32-22)24(27)25(30-3)17-4-6-19(7-5-17)26-10-12-31-13-11-26;1-16(20-3)15(18)14(19-2)12-4-6-13(7-5-12)17-8-10-21-11-9-17;1-13-10-6-9(7-11(8-10)14-2)12-4-3-5-15-12/h4-9,14-16,25H,10-13H2,1-3H3;4-7,14H,8-11H2,1-3H3;3-8H,1-2H3. The molecule has 0 aliphatic carbocycles. The number of ether oxygens (including phenoxy) is 8. The van der Waals surface area contributed by atoms with Crippen LogP contribution in [0.1, 0.15) is 33.9 Å². The van der Waals surface area contributed by atoms with Crippen molar-refractivity contribution in [2.75, 3.05) is 119 Å². The Morgan fingerprint density at radius 1 is 0.544 bits per heavy atom. The average Bonchev–Trinajstić information content (AvgIpc) is 4.14. The Labute approximate surface area is 397 Å². The summed E-state index contributed by atoms with van der Waals surface area (Å²) in [6, 6.07) is 34.0. The van der Waals surface area contributed by atoms with Gasteiger partial charge in [0, 0.05) is 82.1 Å². The van der Waals surface area contributed by atoms with E-state index in [4.69, 9.17) is 51.6 Å². The van der Waals surface area contributed by atoms with E-state index < -0.39 is 12.2 Å². The summed E-state index contributed by atoms with van der Waals surface area (Å²) in [5.41, 5.74) is 5.51. The summed E-state index contributed by atoms with van der Waals surface area (Å²) in [5.74, 6) is 3.87. The second kappa shape index (κ2) is 25.4. The van der Waals surface area contributed by atoms with Crippen LogP contribution in [0.4, 0.5) is 11.4 Å². The lowest BCUT2D eigenvalue weighted by Gasteiger charge is -2.29. The topological polar surface area (TPSA) is 153 Å². The number of Topliss-reactive ketones (excluding diaryl/α,β-unsaturated/α-hetero) is 1. The Balaban J connectivity index is 0.000000182. The van der Waals surface area contributed by atoms with Crippen LogP contribution in [0.15, 0.2) is 124 Å². The average molecular weight is 936 g/mol. The number of furan rings is 2. The van der Waals surface area contributed by atoms with Crippen LogP contribution in [0.5, 0.6) is 23.0 Å². The van der Waals surface area contributed by atoms with Crippen molar-refractivity contribution in [1.82, 2.24) is 5.06 Å². The van der Waals surface area contributed by atoms with E-state index in [2.05, 4.69) is 9.80 Å². The molecule has 0 radical (unpaired) electrons. The molecule has 0 saturated carbocycles. The van der Waals surface area contributed by atoms with Crippen molar-refractivity contribution < 1.29 is 61.2 Å². The Morgan fingerprint density at radius 3 is 1.38 bits per heavy atom. The van der Waals surface area contributed by atoms with Gasteiger partial charge in [-0.1, -0.05) is 24.3 Å². The molecule has 362 valence electrons. The molecule has 2 aliphatic rings. The second-order valence-corrected chi connectivity index (χ2v) is 15.3. The van der Waals surface area contributed by atoms with Crippen molar-refractivity contribution in [1.29, 1.82) is 0 Å². The number of hydrogen-bond acceptors (Lipinski definition) is 15. The van der Waals surface area contributed by atoms with Crippen molar-refractivity contribution >= 4 is 23.1 Å². The first kappa shape index (κ1) is 50.6. The van der Waals surface area contributed by atoms with Crippen LogP contribution >= 0.6 is 0 Å². The highest BCUT2D eigenvalue weighted by Crippen LogP contribution is 2.34. The molecule has 16 nitrogen and oxygen atoms in total. The third-order valence-corrected chi connectivity index (χ3v) is 11.3. The van der Waals surface area contributed by atoms with Crippen molar-refractivity contribution in [3.05, 3.63) is 132 Å². The molecule has 1 amide bonds. The van der Waals surface area contributed by atoms with Crippen LogP contribution in [0.3, 0.4) is 0 Å². The normalized spacial score (nSPS) is 14.3. The fourth-order valence-electron chi connectivity index (χ4n) is 7.49. The van der Waals surface area contributed by atoms with E-state index >= 15 is 0 Å². The van der Waals surface area contributed by atoms with Gasteiger partial charge < -0.3 is 56.5 Å². The maximum atomic E-state index is 13.2. The predicted octanol–water partition coefficient (Wildman–Crippen LogP) is 8.57. The molecule has 2 unspecified atom stereocenters. The van der Waals surface area contributed by atoms with Crippen molar-refractivity contribution in [3.8, 4) is 45.6 Å². The highest BCUT2D eigenvalue weighted by Gasteiger charge is 2.26. The lowest BCUT2D eigenvalue weighted by Crippen LogP contribution is -2.36. The number of rotatable bonds is 16. The number of ketones is 1. The van der Waals surface area contributed by atoms with Gasteiger partial charge in [-0.15, -0.1) is 0 Å². The Morgan fingerprint density at radius 2 is 0.985 bits per heavy atom. The summed E-state index contributed by atoms with van der Waals surface area (Å²) < 4.78 is 53.8. The molecule has 4 aromatic carbocycles. The van der Waals surface area contributed by atoms with Crippen LogP contribution in [-0.2, 0) is 28.6 Å². The largest absolute Gasteiger partial charge is 0.497 e. The minimum absolute atomic E-state index is 0.228. The number of morpholine rings is 2. The van der Waals surface area contributed by atoms with Gasteiger partial charge in [0.25, 0.3) is 5.91 Å². The SMILES string of the molecule is COC(C(=O)N(C)OC)c1ccc(N2CCOCC2)cc1.COc1cc(OC)cc(-c2ccc(C(=O)C(OC)c3ccc(N4CCOCC4)cc3)o2)c1.COc1cc(OC)cc(-c2ccco2)c1. The minimum atomic E-state index is -0.757. The molecule has 68 heavy (non-hydrogen) atoms. The summed E-state index contributed by atoms with van der Waals surface area (Å²) >= 11 is 0. The van der Waals surface area contributed by atoms with Gasteiger partial charge in [0.2, 0.25) is 5.78 Å². The number of amides is 1. The summed E-state index contributed by atoms with van der Waals surface area (Å²) in [4.78, 5) is 34.7. The quantitative estimate of drug-likeness (QED) is 0.0672. The number of carbonyl (C=O) groups is 2. The first-order valence-corrected chi connectivity index (χ1v) is 22.0. The van der Waals surface area contributed by atoms with E-state index in [1.54, 1.807) is 59.9 Å². The van der Waals surface area contributed by atoms with Crippen LogP contribution in [0, 0.1) is 0 Å². The van der Waals surface area contributed by atoms with Gasteiger partial charge in [0.15, 0.2) is 11.9 Å². The Hall–Kier alpha value is -6.82. The molecular formula is C52H61N3O13. The summed E-state index contributed by atoms with van der Waals surface area (Å²) in [6.07, 6.45) is 0.225. The van der Waals surface area contributed by atoms with Gasteiger partial charge >= 0.3 is 0 Å². The van der Waals surface area contributed by atoms with Gasteiger partial charge in [0.05, 0.1) is 68.2 Å². The van der Waals surface area contributed by atoms with Crippen molar-refractivity contribution in [2.24, 2.45) is 0 Å². The number of anilines is 2. The maximum Gasteiger partial charge on any atom is 0.279 e. The second-order valence-electron chi connectivity index (χ2n) is 15.3. The Bertz CT molecular complexity index is 2420. The lowest BCUT2D eigenvalue weighted by atomic mass is 10.0. The lowest BCUT2D eigenvalue weighted by molar-refractivity contribution is -0.179.